The largest absolute Gasteiger partial charge is 0.506 e. The average Bonchev–Trinajstić information content (AvgIpc) is 2.07. The summed E-state index contributed by atoms with van der Waals surface area (Å²) in [5.41, 5.74) is 1.90. The number of benzene rings is 1. The molecule has 0 heterocycles. The Bertz CT molecular complexity index is 305. The fourth-order valence-corrected chi connectivity index (χ4v) is 1.29. The smallest absolute Gasteiger partial charge is 0.137 e. The zero-order valence-electron chi connectivity index (χ0n) is 6.97. The van der Waals surface area contributed by atoms with Gasteiger partial charge in [-0.2, -0.15) is 0 Å². The Morgan fingerprint density at radius 1 is 1.58 bits per heavy atom. The molecule has 0 bridgehead atoms. The van der Waals surface area contributed by atoms with Crippen LogP contribution in [0.1, 0.15) is 11.1 Å². The second-order valence-electron chi connectivity index (χ2n) is 2.67. The maximum absolute atomic E-state index is 9.45. The molecule has 64 valence electrons. The quantitative estimate of drug-likeness (QED) is 0.697. The van der Waals surface area contributed by atoms with Gasteiger partial charge >= 0.3 is 0 Å². The van der Waals surface area contributed by atoms with E-state index in [-0.39, 0.29) is 5.75 Å². The van der Waals surface area contributed by atoms with E-state index in [4.69, 9.17) is 11.6 Å². The average molecular weight is 183 g/mol. The van der Waals surface area contributed by atoms with E-state index in [9.17, 15) is 5.11 Å². The van der Waals surface area contributed by atoms with Gasteiger partial charge < -0.3 is 5.11 Å². The molecule has 0 aliphatic carbocycles. The van der Waals surface area contributed by atoms with Crippen LogP contribution < -0.4 is 0 Å². The molecular weight excluding hydrogens is 172 g/mol. The molecule has 0 aliphatic heterocycles. The summed E-state index contributed by atoms with van der Waals surface area (Å²) < 4.78 is 0. The number of phenols is 1. The molecule has 2 heteroatoms. The van der Waals surface area contributed by atoms with Crippen molar-refractivity contribution in [2.24, 2.45) is 0 Å². The summed E-state index contributed by atoms with van der Waals surface area (Å²) in [6.07, 6.45) is 2.56. The number of rotatable bonds is 2. The van der Waals surface area contributed by atoms with Gasteiger partial charge in [-0.1, -0.05) is 23.7 Å². The van der Waals surface area contributed by atoms with Gasteiger partial charge in [-0.15, -0.1) is 6.58 Å². The molecule has 1 N–H and O–H groups in total. The molecule has 0 unspecified atom stereocenters. The lowest BCUT2D eigenvalue weighted by Crippen LogP contribution is -1.87. The first-order valence-corrected chi connectivity index (χ1v) is 4.12. The number of aromatic hydroxyl groups is 1. The topological polar surface area (TPSA) is 20.2 Å². The van der Waals surface area contributed by atoms with Gasteiger partial charge in [0.15, 0.2) is 0 Å². The Balaban J connectivity index is 3.16. The zero-order chi connectivity index (χ0) is 9.14. The van der Waals surface area contributed by atoms with Crippen LogP contribution in [0.5, 0.6) is 5.75 Å². The molecule has 12 heavy (non-hydrogen) atoms. The van der Waals surface area contributed by atoms with Gasteiger partial charge in [0.2, 0.25) is 0 Å². The first-order valence-electron chi connectivity index (χ1n) is 3.74. The maximum Gasteiger partial charge on any atom is 0.137 e. The fourth-order valence-electron chi connectivity index (χ4n) is 1.09. The molecule has 0 fully saturated rings. The number of phenolic OH excluding ortho intramolecular Hbond substituents is 1. The predicted octanol–water partition coefficient (Wildman–Crippen LogP) is 3.08. The zero-order valence-corrected chi connectivity index (χ0v) is 7.73. The second-order valence-corrected chi connectivity index (χ2v) is 3.08. The van der Waals surface area contributed by atoms with Gasteiger partial charge in [0.05, 0.1) is 5.02 Å². The molecule has 0 aliphatic rings. The number of hydrogen-bond donors (Lipinski definition) is 1. The van der Waals surface area contributed by atoms with Crippen molar-refractivity contribution in [3.8, 4) is 5.75 Å². The van der Waals surface area contributed by atoms with Crippen LogP contribution in [0.2, 0.25) is 5.02 Å². The lowest BCUT2D eigenvalue weighted by molar-refractivity contribution is 0.470. The van der Waals surface area contributed by atoms with Crippen molar-refractivity contribution in [2.45, 2.75) is 13.3 Å². The van der Waals surface area contributed by atoms with E-state index in [2.05, 4.69) is 6.58 Å². The van der Waals surface area contributed by atoms with Crippen molar-refractivity contribution < 1.29 is 5.11 Å². The van der Waals surface area contributed by atoms with Crippen LogP contribution in [0, 0.1) is 6.92 Å². The van der Waals surface area contributed by atoms with E-state index < -0.39 is 0 Å². The lowest BCUT2D eigenvalue weighted by atomic mass is 10.1. The maximum atomic E-state index is 9.45. The van der Waals surface area contributed by atoms with E-state index in [1.54, 1.807) is 12.1 Å². The summed E-state index contributed by atoms with van der Waals surface area (Å²) in [4.78, 5) is 0. The van der Waals surface area contributed by atoms with Crippen LogP contribution in [0.15, 0.2) is 24.8 Å². The molecule has 1 rings (SSSR count). The summed E-state index contributed by atoms with van der Waals surface area (Å²) in [6.45, 7) is 5.48. The normalized spacial score (nSPS) is 9.83. The number of allylic oxidation sites excluding steroid dienone is 1. The SMILES string of the molecule is C=CCc1ccc(Cl)c(O)c1C. The van der Waals surface area contributed by atoms with Crippen LogP contribution in [0.25, 0.3) is 0 Å². The third kappa shape index (κ3) is 1.62. The third-order valence-corrected chi connectivity index (χ3v) is 2.16. The van der Waals surface area contributed by atoms with Gasteiger partial charge in [0.1, 0.15) is 5.75 Å². The van der Waals surface area contributed by atoms with Gasteiger partial charge in [-0.05, 0) is 30.5 Å². The van der Waals surface area contributed by atoms with Crippen molar-refractivity contribution >= 4 is 11.6 Å². The molecule has 0 amide bonds. The summed E-state index contributed by atoms with van der Waals surface area (Å²) in [5, 5.41) is 9.85. The van der Waals surface area contributed by atoms with Gasteiger partial charge in [-0.25, -0.2) is 0 Å². The molecule has 1 aromatic rings. The highest BCUT2D eigenvalue weighted by atomic mass is 35.5. The summed E-state index contributed by atoms with van der Waals surface area (Å²) in [7, 11) is 0. The standard InChI is InChI=1S/C10H11ClO/c1-3-4-8-5-6-9(11)10(12)7(8)2/h3,5-6,12H,1,4H2,2H3. The Morgan fingerprint density at radius 3 is 2.83 bits per heavy atom. The van der Waals surface area contributed by atoms with Crippen LogP contribution in [-0.2, 0) is 6.42 Å². The molecular formula is C10H11ClO. The Kier molecular flexibility index (Phi) is 2.77. The number of halogens is 1. The second kappa shape index (κ2) is 3.63. The lowest BCUT2D eigenvalue weighted by Gasteiger charge is -2.06. The molecule has 0 atom stereocenters. The summed E-state index contributed by atoms with van der Waals surface area (Å²) in [6, 6.07) is 3.60. The van der Waals surface area contributed by atoms with Crippen LogP contribution in [-0.4, -0.2) is 5.11 Å². The molecule has 0 saturated carbocycles. The highest BCUT2D eigenvalue weighted by Crippen LogP contribution is 2.29. The first-order chi connectivity index (χ1) is 5.66. The van der Waals surface area contributed by atoms with E-state index in [0.717, 1.165) is 17.5 Å². The summed E-state index contributed by atoms with van der Waals surface area (Å²) >= 11 is 5.71. The van der Waals surface area contributed by atoms with Crippen LogP contribution in [0.3, 0.4) is 0 Å². The van der Waals surface area contributed by atoms with Gasteiger partial charge in [-0.3, -0.25) is 0 Å². The van der Waals surface area contributed by atoms with E-state index in [1.807, 2.05) is 13.0 Å². The Labute approximate surface area is 77.3 Å². The van der Waals surface area contributed by atoms with Gasteiger partial charge in [0.25, 0.3) is 0 Å². The predicted molar refractivity (Wildman–Crippen MR) is 51.8 cm³/mol. The molecule has 1 aromatic carbocycles. The molecule has 0 spiro atoms. The Hall–Kier alpha value is -0.950. The summed E-state index contributed by atoms with van der Waals surface area (Å²) in [5.74, 6) is 0.177. The van der Waals surface area contributed by atoms with Crippen molar-refractivity contribution in [3.63, 3.8) is 0 Å². The van der Waals surface area contributed by atoms with Crippen molar-refractivity contribution in [3.05, 3.63) is 40.9 Å². The minimum absolute atomic E-state index is 0.177. The van der Waals surface area contributed by atoms with Crippen LogP contribution >= 0.6 is 11.6 Å². The minimum atomic E-state index is 0.177. The molecule has 1 nitrogen and oxygen atoms in total. The van der Waals surface area contributed by atoms with E-state index in [0.29, 0.717) is 5.02 Å². The van der Waals surface area contributed by atoms with E-state index in [1.165, 1.54) is 0 Å². The Morgan fingerprint density at radius 2 is 2.25 bits per heavy atom. The first kappa shape index (κ1) is 9.14. The molecule has 0 radical (unpaired) electrons. The fraction of sp³-hybridized carbons (Fsp3) is 0.200. The van der Waals surface area contributed by atoms with Crippen molar-refractivity contribution in [2.75, 3.05) is 0 Å². The van der Waals surface area contributed by atoms with Crippen LogP contribution in [0.4, 0.5) is 0 Å². The highest BCUT2D eigenvalue weighted by Gasteiger charge is 2.05. The third-order valence-electron chi connectivity index (χ3n) is 1.86. The molecule has 0 saturated heterocycles. The minimum Gasteiger partial charge on any atom is -0.506 e. The monoisotopic (exact) mass is 182 g/mol. The number of hydrogen-bond acceptors (Lipinski definition) is 1. The molecule has 0 aromatic heterocycles. The highest BCUT2D eigenvalue weighted by molar-refractivity contribution is 6.32. The van der Waals surface area contributed by atoms with E-state index >= 15 is 0 Å². The van der Waals surface area contributed by atoms with Gasteiger partial charge in [0, 0.05) is 0 Å². The van der Waals surface area contributed by atoms with Crippen molar-refractivity contribution in [1.82, 2.24) is 0 Å². The van der Waals surface area contributed by atoms with Crippen molar-refractivity contribution in [1.29, 1.82) is 0 Å².